The first-order valence-corrected chi connectivity index (χ1v) is 7.31. The SMILES string of the molecule is CCc1nc(N(C)Cc2ccc(C)cc2)sc1CO. The van der Waals surface area contributed by atoms with E-state index in [1.165, 1.54) is 11.1 Å². The molecule has 0 saturated heterocycles. The van der Waals surface area contributed by atoms with Crippen molar-refractivity contribution in [1.29, 1.82) is 0 Å². The van der Waals surface area contributed by atoms with Gasteiger partial charge in [0.2, 0.25) is 0 Å². The lowest BCUT2D eigenvalue weighted by Gasteiger charge is -2.15. The molecule has 0 aliphatic rings. The van der Waals surface area contributed by atoms with E-state index >= 15 is 0 Å². The second-order valence-electron chi connectivity index (χ2n) is 4.72. The van der Waals surface area contributed by atoms with Crippen molar-refractivity contribution >= 4 is 16.5 Å². The number of nitrogens with zero attached hydrogens (tertiary/aromatic N) is 2. The Morgan fingerprint density at radius 2 is 1.95 bits per heavy atom. The number of aromatic nitrogens is 1. The standard InChI is InChI=1S/C15H20N2OS/c1-4-13-14(10-18)19-15(16-13)17(3)9-12-7-5-11(2)6-8-12/h5-8,18H,4,9-10H2,1-3H3. The van der Waals surface area contributed by atoms with E-state index in [1.54, 1.807) is 11.3 Å². The predicted molar refractivity (Wildman–Crippen MR) is 80.7 cm³/mol. The molecule has 4 heteroatoms. The Labute approximate surface area is 118 Å². The maximum absolute atomic E-state index is 9.32. The van der Waals surface area contributed by atoms with Crippen LogP contribution in [-0.4, -0.2) is 17.1 Å². The summed E-state index contributed by atoms with van der Waals surface area (Å²) < 4.78 is 0. The molecule has 1 N–H and O–H groups in total. The van der Waals surface area contributed by atoms with E-state index in [0.29, 0.717) is 0 Å². The summed E-state index contributed by atoms with van der Waals surface area (Å²) in [7, 11) is 2.04. The summed E-state index contributed by atoms with van der Waals surface area (Å²) in [4.78, 5) is 7.71. The molecule has 0 bridgehead atoms. The monoisotopic (exact) mass is 276 g/mol. The molecule has 2 aromatic rings. The van der Waals surface area contributed by atoms with Gasteiger partial charge in [0.15, 0.2) is 5.13 Å². The van der Waals surface area contributed by atoms with Crippen LogP contribution in [0.1, 0.15) is 28.6 Å². The van der Waals surface area contributed by atoms with Crippen LogP contribution in [0.5, 0.6) is 0 Å². The second-order valence-corrected chi connectivity index (χ2v) is 5.78. The van der Waals surface area contributed by atoms with Crippen molar-refractivity contribution in [1.82, 2.24) is 4.98 Å². The van der Waals surface area contributed by atoms with Gasteiger partial charge in [-0.1, -0.05) is 48.1 Å². The van der Waals surface area contributed by atoms with Gasteiger partial charge in [0, 0.05) is 13.6 Å². The van der Waals surface area contributed by atoms with Gasteiger partial charge in [0.1, 0.15) is 0 Å². The molecule has 0 spiro atoms. The van der Waals surface area contributed by atoms with Crippen molar-refractivity contribution in [3.63, 3.8) is 0 Å². The van der Waals surface area contributed by atoms with Gasteiger partial charge < -0.3 is 10.0 Å². The van der Waals surface area contributed by atoms with Gasteiger partial charge in [0.25, 0.3) is 0 Å². The highest BCUT2D eigenvalue weighted by Gasteiger charge is 2.12. The van der Waals surface area contributed by atoms with Crippen LogP contribution >= 0.6 is 11.3 Å². The molecule has 102 valence electrons. The zero-order chi connectivity index (χ0) is 13.8. The average molecular weight is 276 g/mol. The van der Waals surface area contributed by atoms with E-state index in [9.17, 15) is 5.11 Å². The van der Waals surface area contributed by atoms with Crippen molar-refractivity contribution in [3.05, 3.63) is 46.0 Å². The normalized spacial score (nSPS) is 10.7. The Bertz CT molecular complexity index is 512. The number of aliphatic hydroxyl groups is 1. The number of aryl methyl sites for hydroxylation is 2. The zero-order valence-electron chi connectivity index (χ0n) is 11.7. The zero-order valence-corrected chi connectivity index (χ0v) is 12.5. The van der Waals surface area contributed by atoms with E-state index in [1.807, 2.05) is 7.05 Å². The molecule has 0 aliphatic carbocycles. The van der Waals surface area contributed by atoms with Gasteiger partial charge in [-0.3, -0.25) is 0 Å². The maximum atomic E-state index is 9.32. The Balaban J connectivity index is 2.13. The van der Waals surface area contributed by atoms with Crippen LogP contribution in [0.3, 0.4) is 0 Å². The third kappa shape index (κ3) is 3.33. The first-order valence-electron chi connectivity index (χ1n) is 6.50. The minimum Gasteiger partial charge on any atom is -0.391 e. The molecule has 0 aliphatic heterocycles. The maximum Gasteiger partial charge on any atom is 0.185 e. The molecular formula is C15H20N2OS. The first-order chi connectivity index (χ1) is 9.13. The number of hydrogen-bond acceptors (Lipinski definition) is 4. The van der Waals surface area contributed by atoms with E-state index in [4.69, 9.17) is 0 Å². The molecule has 0 fully saturated rings. The number of thiazole rings is 1. The topological polar surface area (TPSA) is 36.4 Å². The number of rotatable bonds is 5. The van der Waals surface area contributed by atoms with E-state index in [2.05, 4.69) is 48.0 Å². The summed E-state index contributed by atoms with van der Waals surface area (Å²) >= 11 is 1.58. The van der Waals surface area contributed by atoms with Gasteiger partial charge in [0.05, 0.1) is 17.2 Å². The van der Waals surface area contributed by atoms with Crippen LogP contribution in [0.15, 0.2) is 24.3 Å². The van der Waals surface area contributed by atoms with Crippen LogP contribution in [0, 0.1) is 6.92 Å². The van der Waals surface area contributed by atoms with Gasteiger partial charge in [-0.15, -0.1) is 0 Å². The number of benzene rings is 1. The first kappa shape index (κ1) is 14.0. The number of anilines is 1. The molecule has 0 amide bonds. The average Bonchev–Trinajstić information content (AvgIpc) is 2.84. The molecule has 1 aromatic carbocycles. The molecule has 0 saturated carbocycles. The highest BCUT2D eigenvalue weighted by Crippen LogP contribution is 2.27. The summed E-state index contributed by atoms with van der Waals surface area (Å²) in [6.45, 7) is 5.08. The van der Waals surface area contributed by atoms with E-state index in [0.717, 1.165) is 28.7 Å². The lowest BCUT2D eigenvalue weighted by Crippen LogP contribution is -2.16. The van der Waals surface area contributed by atoms with Gasteiger partial charge in [-0.2, -0.15) is 0 Å². The van der Waals surface area contributed by atoms with Crippen molar-refractivity contribution in [2.75, 3.05) is 11.9 Å². The Hall–Kier alpha value is -1.39. The quantitative estimate of drug-likeness (QED) is 0.911. The van der Waals surface area contributed by atoms with Gasteiger partial charge >= 0.3 is 0 Å². The van der Waals surface area contributed by atoms with Crippen molar-refractivity contribution in [3.8, 4) is 0 Å². The largest absolute Gasteiger partial charge is 0.391 e. The molecular weight excluding hydrogens is 256 g/mol. The molecule has 1 heterocycles. The van der Waals surface area contributed by atoms with Crippen LogP contribution in [0.25, 0.3) is 0 Å². The Kier molecular flexibility index (Phi) is 4.56. The fourth-order valence-electron chi connectivity index (χ4n) is 1.97. The molecule has 3 nitrogen and oxygen atoms in total. The highest BCUT2D eigenvalue weighted by atomic mass is 32.1. The number of aliphatic hydroxyl groups excluding tert-OH is 1. The van der Waals surface area contributed by atoms with Crippen molar-refractivity contribution in [2.45, 2.75) is 33.4 Å². The van der Waals surface area contributed by atoms with Crippen LogP contribution in [-0.2, 0) is 19.6 Å². The Morgan fingerprint density at radius 1 is 1.26 bits per heavy atom. The van der Waals surface area contributed by atoms with Crippen LogP contribution < -0.4 is 4.90 Å². The lowest BCUT2D eigenvalue weighted by molar-refractivity contribution is 0.284. The summed E-state index contributed by atoms with van der Waals surface area (Å²) in [6, 6.07) is 8.55. The second kappa shape index (κ2) is 6.17. The van der Waals surface area contributed by atoms with Crippen molar-refractivity contribution < 1.29 is 5.11 Å². The summed E-state index contributed by atoms with van der Waals surface area (Å²) in [5.74, 6) is 0. The van der Waals surface area contributed by atoms with Gasteiger partial charge in [-0.05, 0) is 18.9 Å². The molecule has 19 heavy (non-hydrogen) atoms. The van der Waals surface area contributed by atoms with E-state index < -0.39 is 0 Å². The smallest absolute Gasteiger partial charge is 0.185 e. The molecule has 0 atom stereocenters. The van der Waals surface area contributed by atoms with Crippen LogP contribution in [0.2, 0.25) is 0 Å². The summed E-state index contributed by atoms with van der Waals surface area (Å²) in [6.07, 6.45) is 0.866. The third-order valence-electron chi connectivity index (χ3n) is 3.11. The molecule has 1 aromatic heterocycles. The summed E-state index contributed by atoms with van der Waals surface area (Å²) in [5, 5.41) is 10.3. The molecule has 2 rings (SSSR count). The van der Waals surface area contributed by atoms with E-state index in [-0.39, 0.29) is 6.61 Å². The minimum atomic E-state index is 0.0826. The fourth-order valence-corrected chi connectivity index (χ4v) is 2.94. The highest BCUT2D eigenvalue weighted by molar-refractivity contribution is 7.15. The fraction of sp³-hybridized carbons (Fsp3) is 0.400. The van der Waals surface area contributed by atoms with Crippen molar-refractivity contribution in [2.24, 2.45) is 0 Å². The Morgan fingerprint density at radius 3 is 2.47 bits per heavy atom. The lowest BCUT2D eigenvalue weighted by atomic mass is 10.1. The number of hydrogen-bond donors (Lipinski definition) is 1. The minimum absolute atomic E-state index is 0.0826. The van der Waals surface area contributed by atoms with Crippen LogP contribution in [0.4, 0.5) is 5.13 Å². The van der Waals surface area contributed by atoms with Gasteiger partial charge in [-0.25, -0.2) is 4.98 Å². The predicted octanol–water partition coefficient (Wildman–Crippen LogP) is 3.14. The summed E-state index contributed by atoms with van der Waals surface area (Å²) in [5.41, 5.74) is 3.56. The molecule has 0 unspecified atom stereocenters. The third-order valence-corrected chi connectivity index (χ3v) is 4.31. The molecule has 0 radical (unpaired) electrons.